The summed E-state index contributed by atoms with van der Waals surface area (Å²) in [7, 11) is 0. The number of rotatable bonds is 0. The molecule has 54 valence electrons. The minimum atomic E-state index is 0.866. The first-order chi connectivity index (χ1) is 4.63. The Balaban J connectivity index is 3.34. The van der Waals surface area contributed by atoms with Crippen molar-refractivity contribution in [2.75, 3.05) is 0 Å². The van der Waals surface area contributed by atoms with Gasteiger partial charge in [0.05, 0.1) is 4.47 Å². The molecule has 1 heterocycles. The standard InChI is InChI=1S/C6H4Br2IN/c1-3-4(9)2-10-6(8)5(3)7/h2H,1H3. The van der Waals surface area contributed by atoms with E-state index in [1.165, 1.54) is 9.13 Å². The molecule has 0 aromatic carbocycles. The number of halogens is 3. The molecule has 0 atom stereocenters. The van der Waals surface area contributed by atoms with Crippen molar-refractivity contribution < 1.29 is 0 Å². The Labute approximate surface area is 90.0 Å². The first-order valence-electron chi connectivity index (χ1n) is 2.59. The summed E-state index contributed by atoms with van der Waals surface area (Å²) < 4.78 is 3.08. The zero-order valence-electron chi connectivity index (χ0n) is 5.16. The van der Waals surface area contributed by atoms with Crippen LogP contribution in [0.3, 0.4) is 0 Å². The second-order valence-electron chi connectivity index (χ2n) is 1.84. The molecule has 0 saturated heterocycles. The molecule has 0 bridgehead atoms. The minimum absolute atomic E-state index is 0.866. The van der Waals surface area contributed by atoms with Gasteiger partial charge in [-0.05, 0) is 66.9 Å². The maximum atomic E-state index is 4.10. The molecule has 0 aliphatic carbocycles. The lowest BCUT2D eigenvalue weighted by molar-refractivity contribution is 1.19. The number of nitrogens with zero attached hydrogens (tertiary/aromatic N) is 1. The summed E-state index contributed by atoms with van der Waals surface area (Å²) >= 11 is 8.99. The van der Waals surface area contributed by atoms with Crippen molar-refractivity contribution in [1.29, 1.82) is 0 Å². The van der Waals surface area contributed by atoms with Crippen molar-refractivity contribution in [3.05, 3.63) is 24.4 Å². The SMILES string of the molecule is Cc1c(I)cnc(Br)c1Br. The Bertz CT molecular complexity index is 235. The molecule has 1 aromatic rings. The Kier molecular flexibility index (Phi) is 3.12. The average Bonchev–Trinajstić information content (AvgIpc) is 1.93. The summed E-state index contributed by atoms with van der Waals surface area (Å²) in [6.07, 6.45) is 1.84. The molecule has 0 saturated carbocycles. The summed E-state index contributed by atoms with van der Waals surface area (Å²) in [6, 6.07) is 0. The van der Waals surface area contributed by atoms with Crippen molar-refractivity contribution in [3.63, 3.8) is 0 Å². The normalized spacial score (nSPS) is 10.0. The maximum absolute atomic E-state index is 4.10. The van der Waals surface area contributed by atoms with Crippen molar-refractivity contribution in [2.45, 2.75) is 6.92 Å². The Morgan fingerprint density at radius 1 is 1.50 bits per heavy atom. The van der Waals surface area contributed by atoms with E-state index in [1.54, 1.807) is 0 Å². The van der Waals surface area contributed by atoms with Gasteiger partial charge in [0.1, 0.15) is 4.60 Å². The molecule has 0 radical (unpaired) electrons. The van der Waals surface area contributed by atoms with Crippen LogP contribution in [0.4, 0.5) is 0 Å². The van der Waals surface area contributed by atoms with Crippen LogP contribution in [0.2, 0.25) is 0 Å². The van der Waals surface area contributed by atoms with Crippen molar-refractivity contribution in [1.82, 2.24) is 4.98 Å². The number of hydrogen-bond acceptors (Lipinski definition) is 1. The van der Waals surface area contributed by atoms with Crippen LogP contribution in [-0.2, 0) is 0 Å². The molecule has 0 aliphatic heterocycles. The largest absolute Gasteiger partial charge is 0.247 e. The van der Waals surface area contributed by atoms with Gasteiger partial charge in [-0.1, -0.05) is 0 Å². The van der Waals surface area contributed by atoms with Gasteiger partial charge in [-0.25, -0.2) is 4.98 Å². The molecule has 1 nitrogen and oxygen atoms in total. The zero-order valence-corrected chi connectivity index (χ0v) is 10.5. The van der Waals surface area contributed by atoms with Crippen molar-refractivity contribution in [3.8, 4) is 0 Å². The summed E-state index contributed by atoms with van der Waals surface area (Å²) in [6.45, 7) is 2.05. The van der Waals surface area contributed by atoms with Crippen LogP contribution in [0, 0.1) is 10.5 Å². The van der Waals surface area contributed by atoms with E-state index in [0.29, 0.717) is 0 Å². The third kappa shape index (κ3) is 1.71. The zero-order chi connectivity index (χ0) is 7.72. The van der Waals surface area contributed by atoms with Crippen LogP contribution >= 0.6 is 54.5 Å². The summed E-state index contributed by atoms with van der Waals surface area (Å²) in [5.41, 5.74) is 1.22. The van der Waals surface area contributed by atoms with Gasteiger partial charge in [0.2, 0.25) is 0 Å². The van der Waals surface area contributed by atoms with Gasteiger partial charge < -0.3 is 0 Å². The fraction of sp³-hybridized carbons (Fsp3) is 0.167. The summed E-state index contributed by atoms with van der Waals surface area (Å²) in [5.74, 6) is 0. The van der Waals surface area contributed by atoms with Gasteiger partial charge in [-0.2, -0.15) is 0 Å². The fourth-order valence-electron chi connectivity index (χ4n) is 0.526. The van der Waals surface area contributed by atoms with E-state index in [1.807, 2.05) is 6.20 Å². The highest BCUT2D eigenvalue weighted by Crippen LogP contribution is 2.26. The lowest BCUT2D eigenvalue weighted by Crippen LogP contribution is -1.86. The average molecular weight is 377 g/mol. The maximum Gasteiger partial charge on any atom is 0.120 e. The van der Waals surface area contributed by atoms with Crippen LogP contribution in [0.15, 0.2) is 15.3 Å². The highest BCUT2D eigenvalue weighted by Gasteiger charge is 2.03. The van der Waals surface area contributed by atoms with Crippen LogP contribution in [-0.4, -0.2) is 4.98 Å². The predicted molar refractivity (Wildman–Crippen MR) is 57.1 cm³/mol. The van der Waals surface area contributed by atoms with Gasteiger partial charge in [0, 0.05) is 9.77 Å². The van der Waals surface area contributed by atoms with Gasteiger partial charge in [-0.15, -0.1) is 0 Å². The summed E-state index contributed by atoms with van der Waals surface area (Å²) in [5, 5.41) is 0. The molecule has 0 amide bonds. The smallest absolute Gasteiger partial charge is 0.120 e. The molecule has 4 heteroatoms. The monoisotopic (exact) mass is 375 g/mol. The summed E-state index contributed by atoms with van der Waals surface area (Å²) in [4.78, 5) is 4.10. The van der Waals surface area contributed by atoms with E-state index in [4.69, 9.17) is 0 Å². The number of hydrogen-bond donors (Lipinski definition) is 0. The first-order valence-corrected chi connectivity index (χ1v) is 5.25. The number of pyridine rings is 1. The fourth-order valence-corrected chi connectivity index (χ4v) is 2.02. The molecule has 0 N–H and O–H groups in total. The molecule has 0 fully saturated rings. The van der Waals surface area contributed by atoms with E-state index in [9.17, 15) is 0 Å². The van der Waals surface area contributed by atoms with Crippen LogP contribution in [0.1, 0.15) is 5.56 Å². The van der Waals surface area contributed by atoms with Gasteiger partial charge in [0.25, 0.3) is 0 Å². The van der Waals surface area contributed by atoms with E-state index >= 15 is 0 Å². The third-order valence-corrected chi connectivity index (χ3v) is 4.35. The molecular formula is C6H4Br2IN. The second kappa shape index (κ2) is 3.49. The topological polar surface area (TPSA) is 12.9 Å². The number of aromatic nitrogens is 1. The van der Waals surface area contributed by atoms with E-state index in [2.05, 4.69) is 66.4 Å². The van der Waals surface area contributed by atoms with E-state index < -0.39 is 0 Å². The van der Waals surface area contributed by atoms with Crippen molar-refractivity contribution in [2.24, 2.45) is 0 Å². The second-order valence-corrected chi connectivity index (χ2v) is 4.54. The highest BCUT2D eigenvalue weighted by molar-refractivity contribution is 14.1. The molecular weight excluding hydrogens is 373 g/mol. The van der Waals surface area contributed by atoms with Gasteiger partial charge in [-0.3, -0.25) is 0 Å². The lowest BCUT2D eigenvalue weighted by Gasteiger charge is -2.00. The van der Waals surface area contributed by atoms with E-state index in [-0.39, 0.29) is 0 Å². The first kappa shape index (κ1) is 8.93. The van der Waals surface area contributed by atoms with E-state index in [0.717, 1.165) is 9.08 Å². The van der Waals surface area contributed by atoms with Crippen molar-refractivity contribution >= 4 is 54.5 Å². The minimum Gasteiger partial charge on any atom is -0.247 e. The Hall–Kier alpha value is 0.840. The quantitative estimate of drug-likeness (QED) is 0.498. The molecule has 1 aromatic heterocycles. The van der Waals surface area contributed by atoms with Crippen LogP contribution in [0.5, 0.6) is 0 Å². The molecule has 0 unspecified atom stereocenters. The molecule has 1 rings (SSSR count). The highest BCUT2D eigenvalue weighted by atomic mass is 127. The lowest BCUT2D eigenvalue weighted by atomic mass is 10.3. The third-order valence-electron chi connectivity index (χ3n) is 1.16. The van der Waals surface area contributed by atoms with Gasteiger partial charge >= 0.3 is 0 Å². The van der Waals surface area contributed by atoms with Crippen LogP contribution in [0.25, 0.3) is 0 Å². The molecule has 0 aliphatic rings. The van der Waals surface area contributed by atoms with Gasteiger partial charge in [0.15, 0.2) is 0 Å². The Morgan fingerprint density at radius 3 is 2.60 bits per heavy atom. The van der Waals surface area contributed by atoms with Crippen LogP contribution < -0.4 is 0 Å². The Morgan fingerprint density at radius 2 is 2.10 bits per heavy atom. The molecule has 0 spiro atoms. The molecule has 10 heavy (non-hydrogen) atoms. The predicted octanol–water partition coefficient (Wildman–Crippen LogP) is 3.52.